The number of hydrogen-bond donors (Lipinski definition) is 2. The van der Waals surface area contributed by atoms with Crippen LogP contribution in [0.4, 0.5) is 13.2 Å². The Morgan fingerprint density at radius 1 is 1.35 bits per heavy atom. The van der Waals surface area contributed by atoms with Crippen LogP contribution in [0.25, 0.3) is 11.0 Å². The molecule has 5 nitrogen and oxygen atoms in total. The van der Waals surface area contributed by atoms with Crippen molar-refractivity contribution in [3.05, 3.63) is 39.7 Å². The van der Waals surface area contributed by atoms with Gasteiger partial charge in [-0.25, -0.2) is 4.79 Å². The van der Waals surface area contributed by atoms with Gasteiger partial charge in [0.05, 0.1) is 0 Å². The van der Waals surface area contributed by atoms with E-state index < -0.39 is 24.5 Å². The van der Waals surface area contributed by atoms with Crippen molar-refractivity contribution in [1.29, 1.82) is 0 Å². The Morgan fingerprint density at radius 2 is 2.00 bits per heavy atom. The van der Waals surface area contributed by atoms with Crippen molar-refractivity contribution in [1.82, 2.24) is 4.90 Å². The van der Waals surface area contributed by atoms with Crippen LogP contribution in [-0.4, -0.2) is 41.0 Å². The molecule has 0 saturated heterocycles. The summed E-state index contributed by atoms with van der Waals surface area (Å²) in [4.78, 5) is 12.9. The summed E-state index contributed by atoms with van der Waals surface area (Å²) in [6.07, 6.45) is -7.17. The third-order valence-electron chi connectivity index (χ3n) is 3.52. The maximum absolute atomic E-state index is 12.4. The van der Waals surface area contributed by atoms with E-state index in [1.54, 1.807) is 6.92 Å². The molecular weight excluding hydrogens is 315 g/mol. The molecule has 0 radical (unpaired) electrons. The fraction of sp³-hybridized carbons (Fsp3) is 0.400. The molecule has 0 fully saturated rings. The molecule has 0 aliphatic carbocycles. The van der Waals surface area contributed by atoms with Gasteiger partial charge >= 0.3 is 11.8 Å². The number of aliphatic hydroxyl groups is 1. The fourth-order valence-corrected chi connectivity index (χ4v) is 2.30. The summed E-state index contributed by atoms with van der Waals surface area (Å²) >= 11 is 0. The number of aliphatic hydroxyl groups excluding tert-OH is 1. The molecule has 0 amide bonds. The van der Waals surface area contributed by atoms with Gasteiger partial charge in [-0.1, -0.05) is 0 Å². The second kappa shape index (κ2) is 6.21. The van der Waals surface area contributed by atoms with Gasteiger partial charge in [0.1, 0.15) is 11.3 Å². The van der Waals surface area contributed by atoms with Crippen LogP contribution >= 0.6 is 0 Å². The number of phenolic OH excluding ortho intramolecular Hbond substituents is 1. The fourth-order valence-electron chi connectivity index (χ4n) is 2.30. The van der Waals surface area contributed by atoms with Crippen molar-refractivity contribution in [2.75, 3.05) is 13.6 Å². The monoisotopic (exact) mass is 331 g/mol. The zero-order valence-corrected chi connectivity index (χ0v) is 12.5. The highest BCUT2D eigenvalue weighted by atomic mass is 19.4. The molecule has 0 saturated carbocycles. The van der Waals surface area contributed by atoms with E-state index in [0.29, 0.717) is 16.5 Å². The number of hydrogen-bond acceptors (Lipinski definition) is 5. The third-order valence-corrected chi connectivity index (χ3v) is 3.52. The van der Waals surface area contributed by atoms with Crippen molar-refractivity contribution < 1.29 is 27.8 Å². The molecule has 1 unspecified atom stereocenters. The lowest BCUT2D eigenvalue weighted by Crippen LogP contribution is -2.39. The normalized spacial score (nSPS) is 13.7. The van der Waals surface area contributed by atoms with E-state index in [9.17, 15) is 23.1 Å². The first-order chi connectivity index (χ1) is 10.6. The van der Waals surface area contributed by atoms with E-state index in [4.69, 9.17) is 9.52 Å². The molecular formula is C15H16F3NO4. The standard InChI is InChI=1S/C15H16F3NO4/c1-8-11(20)4-3-10-9(5-13(22)23-14(8)10)6-19(2)7-12(21)15(16,17)18/h3-5,12,20-21H,6-7H2,1-2H3. The smallest absolute Gasteiger partial charge is 0.415 e. The second-order valence-corrected chi connectivity index (χ2v) is 5.43. The molecule has 23 heavy (non-hydrogen) atoms. The summed E-state index contributed by atoms with van der Waals surface area (Å²) in [5.41, 5.74) is 0.360. The largest absolute Gasteiger partial charge is 0.508 e. The van der Waals surface area contributed by atoms with Gasteiger partial charge in [-0.15, -0.1) is 0 Å². The molecule has 1 heterocycles. The number of halogens is 3. The van der Waals surface area contributed by atoms with Crippen molar-refractivity contribution >= 4 is 11.0 Å². The zero-order valence-electron chi connectivity index (χ0n) is 12.5. The molecule has 1 aromatic heterocycles. The van der Waals surface area contributed by atoms with Gasteiger partial charge in [0, 0.05) is 30.1 Å². The number of nitrogens with zero attached hydrogens (tertiary/aromatic N) is 1. The van der Waals surface area contributed by atoms with Gasteiger partial charge in [0.2, 0.25) is 0 Å². The number of phenols is 1. The zero-order chi connectivity index (χ0) is 17.4. The number of alkyl halides is 3. The molecule has 126 valence electrons. The summed E-state index contributed by atoms with van der Waals surface area (Å²) in [5.74, 6) is -0.0429. The maximum atomic E-state index is 12.4. The van der Waals surface area contributed by atoms with Gasteiger partial charge < -0.3 is 14.6 Å². The lowest BCUT2D eigenvalue weighted by atomic mass is 10.1. The van der Waals surface area contributed by atoms with Crippen LogP contribution < -0.4 is 5.63 Å². The third kappa shape index (κ3) is 3.83. The van der Waals surface area contributed by atoms with Crippen LogP contribution in [0.3, 0.4) is 0 Å². The number of rotatable bonds is 4. The highest BCUT2D eigenvalue weighted by molar-refractivity contribution is 5.84. The number of likely N-dealkylation sites (N-methyl/N-ethyl adjacent to an activating group) is 1. The van der Waals surface area contributed by atoms with E-state index in [0.717, 1.165) is 0 Å². The molecule has 1 aromatic carbocycles. The minimum Gasteiger partial charge on any atom is -0.508 e. The summed E-state index contributed by atoms with van der Waals surface area (Å²) in [6, 6.07) is 4.14. The Kier molecular flexibility index (Phi) is 4.67. The van der Waals surface area contributed by atoms with E-state index in [-0.39, 0.29) is 17.9 Å². The Bertz CT molecular complexity index is 770. The molecule has 0 aliphatic heterocycles. The Labute approximate surface area is 129 Å². The SMILES string of the molecule is Cc1c(O)ccc2c(CN(C)CC(O)C(F)(F)F)cc(=O)oc12. The van der Waals surface area contributed by atoms with Crippen molar-refractivity contribution in [3.63, 3.8) is 0 Å². The summed E-state index contributed by atoms with van der Waals surface area (Å²) < 4.78 is 42.2. The summed E-state index contributed by atoms with van der Waals surface area (Å²) in [5, 5.41) is 19.3. The Balaban J connectivity index is 2.33. The molecule has 1 atom stereocenters. The predicted octanol–water partition coefficient (Wildman–Crippen LogP) is 2.16. The van der Waals surface area contributed by atoms with Crippen LogP contribution in [0.2, 0.25) is 0 Å². The number of fused-ring (bicyclic) bond motifs is 1. The average molecular weight is 331 g/mol. The molecule has 2 N–H and O–H groups in total. The summed E-state index contributed by atoms with van der Waals surface area (Å²) in [7, 11) is 1.41. The minimum absolute atomic E-state index is 0.0133. The lowest BCUT2D eigenvalue weighted by molar-refractivity contribution is -0.207. The average Bonchev–Trinajstić information content (AvgIpc) is 2.42. The van der Waals surface area contributed by atoms with E-state index in [1.807, 2.05) is 0 Å². The predicted molar refractivity (Wildman–Crippen MR) is 77.3 cm³/mol. The first-order valence-electron chi connectivity index (χ1n) is 6.78. The molecule has 2 rings (SSSR count). The molecule has 8 heteroatoms. The topological polar surface area (TPSA) is 73.9 Å². The van der Waals surface area contributed by atoms with Gasteiger partial charge in [-0.3, -0.25) is 4.90 Å². The van der Waals surface area contributed by atoms with E-state index >= 15 is 0 Å². The Morgan fingerprint density at radius 3 is 2.61 bits per heavy atom. The summed E-state index contributed by atoms with van der Waals surface area (Å²) in [6.45, 7) is 0.962. The first kappa shape index (κ1) is 17.3. The van der Waals surface area contributed by atoms with Crippen LogP contribution in [0.1, 0.15) is 11.1 Å². The maximum Gasteiger partial charge on any atom is 0.415 e. The first-order valence-corrected chi connectivity index (χ1v) is 6.78. The quantitative estimate of drug-likeness (QED) is 0.840. The molecule has 2 aromatic rings. The molecule has 0 spiro atoms. The molecule has 0 aliphatic rings. The second-order valence-electron chi connectivity index (χ2n) is 5.43. The Hall–Kier alpha value is -2.06. The van der Waals surface area contributed by atoms with E-state index in [2.05, 4.69) is 0 Å². The van der Waals surface area contributed by atoms with Gasteiger partial charge in [0.25, 0.3) is 0 Å². The van der Waals surface area contributed by atoms with Crippen molar-refractivity contribution in [2.45, 2.75) is 25.7 Å². The minimum atomic E-state index is -4.70. The van der Waals surface area contributed by atoms with Crippen LogP contribution in [0.15, 0.2) is 27.4 Å². The number of aromatic hydroxyl groups is 1. The lowest BCUT2D eigenvalue weighted by Gasteiger charge is -2.22. The van der Waals surface area contributed by atoms with E-state index in [1.165, 1.54) is 30.1 Å². The van der Waals surface area contributed by atoms with Crippen LogP contribution in [-0.2, 0) is 6.54 Å². The molecule has 0 bridgehead atoms. The number of benzene rings is 1. The highest BCUT2D eigenvalue weighted by Gasteiger charge is 2.38. The highest BCUT2D eigenvalue weighted by Crippen LogP contribution is 2.28. The van der Waals surface area contributed by atoms with Crippen molar-refractivity contribution in [3.8, 4) is 5.75 Å². The van der Waals surface area contributed by atoms with Gasteiger partial charge in [-0.05, 0) is 31.7 Å². The van der Waals surface area contributed by atoms with Gasteiger partial charge in [0.15, 0.2) is 6.10 Å². The van der Waals surface area contributed by atoms with Crippen LogP contribution in [0, 0.1) is 6.92 Å². The number of aryl methyl sites for hydroxylation is 1. The van der Waals surface area contributed by atoms with Crippen molar-refractivity contribution in [2.24, 2.45) is 0 Å². The van der Waals surface area contributed by atoms with Gasteiger partial charge in [-0.2, -0.15) is 13.2 Å². The van der Waals surface area contributed by atoms with Crippen LogP contribution in [0.5, 0.6) is 5.75 Å².